The molecule has 3 rings (SSSR count). The van der Waals surface area contributed by atoms with Crippen molar-refractivity contribution in [3.63, 3.8) is 0 Å². The van der Waals surface area contributed by atoms with Gasteiger partial charge >= 0.3 is 0 Å². The van der Waals surface area contributed by atoms with Crippen molar-refractivity contribution in [2.75, 3.05) is 0 Å². The molecule has 0 bridgehead atoms. The van der Waals surface area contributed by atoms with Gasteiger partial charge in [0, 0.05) is 11.1 Å². The summed E-state index contributed by atoms with van der Waals surface area (Å²) in [7, 11) is 0. The van der Waals surface area contributed by atoms with Crippen LogP contribution in [-0.4, -0.2) is 10.2 Å². The second-order valence-electron chi connectivity index (χ2n) is 4.60. The highest BCUT2D eigenvalue weighted by Gasteiger charge is 2.12. The van der Waals surface area contributed by atoms with Crippen LogP contribution in [0.5, 0.6) is 0 Å². The molecular formula is C18H20N2O. The van der Waals surface area contributed by atoms with Crippen LogP contribution in [0.4, 0.5) is 0 Å². The van der Waals surface area contributed by atoms with E-state index in [1.165, 1.54) is 5.56 Å². The van der Waals surface area contributed by atoms with Crippen molar-refractivity contribution in [3.8, 4) is 22.9 Å². The molecule has 0 spiro atoms. The van der Waals surface area contributed by atoms with Crippen molar-refractivity contribution >= 4 is 0 Å². The average molecular weight is 280 g/mol. The van der Waals surface area contributed by atoms with Gasteiger partial charge in [0.25, 0.3) is 0 Å². The molecule has 0 unspecified atom stereocenters. The van der Waals surface area contributed by atoms with E-state index in [4.69, 9.17) is 4.42 Å². The second-order valence-corrected chi connectivity index (χ2v) is 4.60. The fraction of sp³-hybridized carbons (Fsp3) is 0.222. The lowest BCUT2D eigenvalue weighted by molar-refractivity contribution is 0.584. The third-order valence-electron chi connectivity index (χ3n) is 3.07. The number of hydrogen-bond donors (Lipinski definition) is 0. The monoisotopic (exact) mass is 280 g/mol. The summed E-state index contributed by atoms with van der Waals surface area (Å²) in [5.41, 5.74) is 4.25. The van der Waals surface area contributed by atoms with Gasteiger partial charge in [-0.25, -0.2) is 0 Å². The Labute approximate surface area is 125 Å². The zero-order valence-corrected chi connectivity index (χ0v) is 12.9. The molecule has 0 aliphatic carbocycles. The molecule has 0 saturated carbocycles. The predicted octanol–water partition coefficient (Wildman–Crippen LogP) is 5.05. The minimum atomic E-state index is 0.552. The molecule has 21 heavy (non-hydrogen) atoms. The number of nitrogens with zero attached hydrogens (tertiary/aromatic N) is 2. The molecule has 1 heterocycles. The van der Waals surface area contributed by atoms with Gasteiger partial charge in [0.15, 0.2) is 0 Å². The first-order valence-electron chi connectivity index (χ1n) is 7.20. The van der Waals surface area contributed by atoms with Crippen molar-refractivity contribution < 1.29 is 4.42 Å². The molecule has 0 radical (unpaired) electrons. The lowest BCUT2D eigenvalue weighted by atomic mass is 10.1. The van der Waals surface area contributed by atoms with Crippen molar-refractivity contribution in [1.82, 2.24) is 10.2 Å². The van der Waals surface area contributed by atoms with Crippen molar-refractivity contribution in [2.45, 2.75) is 27.7 Å². The summed E-state index contributed by atoms with van der Waals surface area (Å²) in [5.74, 6) is 1.12. The van der Waals surface area contributed by atoms with E-state index in [2.05, 4.69) is 35.3 Å². The molecule has 0 N–H and O–H groups in total. The molecule has 0 aliphatic rings. The van der Waals surface area contributed by atoms with E-state index >= 15 is 0 Å². The van der Waals surface area contributed by atoms with E-state index < -0.39 is 0 Å². The lowest BCUT2D eigenvalue weighted by Crippen LogP contribution is -1.84. The topological polar surface area (TPSA) is 38.9 Å². The van der Waals surface area contributed by atoms with Crippen LogP contribution in [-0.2, 0) is 0 Å². The Kier molecular flexibility index (Phi) is 4.88. The van der Waals surface area contributed by atoms with Crippen LogP contribution < -0.4 is 0 Å². The third-order valence-corrected chi connectivity index (χ3v) is 3.07. The van der Waals surface area contributed by atoms with Crippen LogP contribution in [0.3, 0.4) is 0 Å². The quantitative estimate of drug-likeness (QED) is 0.659. The molecular weight excluding hydrogens is 260 g/mol. The van der Waals surface area contributed by atoms with Gasteiger partial charge in [0.1, 0.15) is 0 Å². The summed E-state index contributed by atoms with van der Waals surface area (Å²) in [5, 5.41) is 8.27. The maximum Gasteiger partial charge on any atom is 0.248 e. The predicted molar refractivity (Wildman–Crippen MR) is 86.0 cm³/mol. The summed E-state index contributed by atoms with van der Waals surface area (Å²) in [6, 6.07) is 16.0. The minimum Gasteiger partial charge on any atom is -0.416 e. The molecule has 0 amide bonds. The van der Waals surface area contributed by atoms with E-state index in [0.717, 1.165) is 16.7 Å². The Morgan fingerprint density at radius 1 is 0.810 bits per heavy atom. The van der Waals surface area contributed by atoms with Gasteiger partial charge in [-0.15, -0.1) is 10.2 Å². The zero-order chi connectivity index (χ0) is 15.2. The van der Waals surface area contributed by atoms with Crippen LogP contribution in [0.2, 0.25) is 0 Å². The first-order chi connectivity index (χ1) is 10.2. The molecule has 0 saturated heterocycles. The summed E-state index contributed by atoms with van der Waals surface area (Å²) < 4.78 is 5.77. The molecule has 2 aromatic carbocycles. The minimum absolute atomic E-state index is 0.552. The van der Waals surface area contributed by atoms with Crippen LogP contribution >= 0.6 is 0 Å². The average Bonchev–Trinajstić information content (AvgIpc) is 3.02. The van der Waals surface area contributed by atoms with E-state index in [1.807, 2.05) is 51.1 Å². The highest BCUT2D eigenvalue weighted by Crippen LogP contribution is 2.26. The zero-order valence-electron chi connectivity index (χ0n) is 12.9. The van der Waals surface area contributed by atoms with Crippen molar-refractivity contribution in [1.29, 1.82) is 0 Å². The Bertz CT molecular complexity index is 702. The summed E-state index contributed by atoms with van der Waals surface area (Å²) in [6.45, 7) is 8.10. The molecule has 3 heteroatoms. The first-order valence-corrected chi connectivity index (χ1v) is 7.20. The molecule has 3 nitrogen and oxygen atoms in total. The van der Waals surface area contributed by atoms with E-state index in [0.29, 0.717) is 11.8 Å². The highest BCUT2D eigenvalue weighted by atomic mass is 16.4. The molecule has 0 atom stereocenters. The van der Waals surface area contributed by atoms with Gasteiger partial charge in [-0.05, 0) is 37.6 Å². The van der Waals surface area contributed by atoms with Crippen molar-refractivity contribution in [3.05, 3.63) is 59.7 Å². The highest BCUT2D eigenvalue weighted by molar-refractivity contribution is 5.61. The van der Waals surface area contributed by atoms with Gasteiger partial charge in [0.2, 0.25) is 11.8 Å². The smallest absolute Gasteiger partial charge is 0.248 e. The van der Waals surface area contributed by atoms with Gasteiger partial charge in [-0.2, -0.15) is 0 Å². The number of benzene rings is 2. The largest absolute Gasteiger partial charge is 0.416 e. The first kappa shape index (κ1) is 15.0. The standard InChI is InChI=1S/C16H14N2O.C2H6/c1-11-8-9-12(2)14(10-11)16-18-17-15(19-16)13-6-4-3-5-7-13;1-2/h3-10H,1-2H3;1-2H3. The number of aromatic nitrogens is 2. The Hall–Kier alpha value is -2.42. The van der Waals surface area contributed by atoms with Gasteiger partial charge in [-0.3, -0.25) is 0 Å². The summed E-state index contributed by atoms with van der Waals surface area (Å²) >= 11 is 0. The molecule has 1 aromatic heterocycles. The van der Waals surface area contributed by atoms with E-state index in [-0.39, 0.29) is 0 Å². The Morgan fingerprint density at radius 3 is 2.19 bits per heavy atom. The Balaban J connectivity index is 0.000000774. The SMILES string of the molecule is CC.Cc1ccc(C)c(-c2nnc(-c3ccccc3)o2)c1. The fourth-order valence-corrected chi connectivity index (χ4v) is 2.00. The van der Waals surface area contributed by atoms with E-state index in [9.17, 15) is 0 Å². The molecule has 0 fully saturated rings. The third kappa shape index (κ3) is 3.37. The van der Waals surface area contributed by atoms with Crippen LogP contribution in [0, 0.1) is 13.8 Å². The lowest BCUT2D eigenvalue weighted by Gasteiger charge is -2.01. The summed E-state index contributed by atoms with van der Waals surface area (Å²) in [6.07, 6.45) is 0. The van der Waals surface area contributed by atoms with Crippen LogP contribution in [0.1, 0.15) is 25.0 Å². The molecule has 108 valence electrons. The van der Waals surface area contributed by atoms with Gasteiger partial charge in [-0.1, -0.05) is 49.7 Å². The maximum absolute atomic E-state index is 5.77. The number of hydrogen-bond acceptors (Lipinski definition) is 3. The van der Waals surface area contributed by atoms with E-state index in [1.54, 1.807) is 0 Å². The van der Waals surface area contributed by atoms with Gasteiger partial charge < -0.3 is 4.42 Å². The number of aryl methyl sites for hydroxylation is 2. The van der Waals surface area contributed by atoms with Crippen LogP contribution in [0.15, 0.2) is 52.9 Å². The normalized spacial score (nSPS) is 9.90. The Morgan fingerprint density at radius 2 is 1.48 bits per heavy atom. The van der Waals surface area contributed by atoms with Gasteiger partial charge in [0.05, 0.1) is 0 Å². The molecule has 0 aliphatic heterocycles. The van der Waals surface area contributed by atoms with Crippen LogP contribution in [0.25, 0.3) is 22.9 Å². The molecule has 3 aromatic rings. The number of rotatable bonds is 2. The summed E-state index contributed by atoms with van der Waals surface area (Å²) in [4.78, 5) is 0. The fourth-order valence-electron chi connectivity index (χ4n) is 2.00. The van der Waals surface area contributed by atoms with Crippen molar-refractivity contribution in [2.24, 2.45) is 0 Å². The second kappa shape index (κ2) is 6.84. The maximum atomic E-state index is 5.77.